The fraction of sp³-hybridized carbons (Fsp3) is 0.400. The number of amides is 3. The molecule has 6 nitrogen and oxygen atoms in total. The van der Waals surface area contributed by atoms with Gasteiger partial charge < -0.3 is 5.32 Å². The molecule has 2 N–H and O–H groups in total. The van der Waals surface area contributed by atoms with Gasteiger partial charge in [0.1, 0.15) is 0 Å². The summed E-state index contributed by atoms with van der Waals surface area (Å²) in [6, 6.07) is 10.9. The Kier molecular flexibility index (Phi) is 7.54. The smallest absolute Gasteiger partial charge is 0.321 e. The Labute approximate surface area is 124 Å². The lowest BCUT2D eigenvalue weighted by atomic mass is 10.2. The highest BCUT2D eigenvalue weighted by Crippen LogP contribution is 1.96. The van der Waals surface area contributed by atoms with Crippen molar-refractivity contribution in [2.24, 2.45) is 0 Å². The molecule has 0 saturated carbocycles. The van der Waals surface area contributed by atoms with Crippen molar-refractivity contribution in [1.29, 1.82) is 5.26 Å². The molecule has 0 unspecified atom stereocenters. The number of hydrogen-bond donors (Lipinski definition) is 2. The van der Waals surface area contributed by atoms with Gasteiger partial charge in [0.25, 0.3) is 0 Å². The first-order chi connectivity index (χ1) is 10.2. The number of carbonyl (C=O) groups excluding carboxylic acids is 2. The second kappa shape index (κ2) is 9.50. The largest absolute Gasteiger partial charge is 0.334 e. The molecule has 21 heavy (non-hydrogen) atoms. The maximum absolute atomic E-state index is 11.7. The lowest BCUT2D eigenvalue weighted by molar-refractivity contribution is -0.121. The average Bonchev–Trinajstić information content (AvgIpc) is 2.46. The molecule has 0 aliphatic rings. The van der Waals surface area contributed by atoms with E-state index in [1.165, 1.54) is 0 Å². The minimum absolute atomic E-state index is 0.0418. The molecule has 0 aliphatic heterocycles. The Bertz CT molecular complexity index is 496. The van der Waals surface area contributed by atoms with Crippen LogP contribution in [0.3, 0.4) is 0 Å². The molecular formula is C15H20N4O2. The van der Waals surface area contributed by atoms with E-state index < -0.39 is 11.9 Å². The van der Waals surface area contributed by atoms with Crippen LogP contribution in [0.2, 0.25) is 0 Å². The van der Waals surface area contributed by atoms with Gasteiger partial charge in [-0.15, -0.1) is 0 Å². The van der Waals surface area contributed by atoms with Gasteiger partial charge in [0.2, 0.25) is 5.91 Å². The highest BCUT2D eigenvalue weighted by Gasteiger charge is 2.12. The second-order valence-corrected chi connectivity index (χ2v) is 4.59. The van der Waals surface area contributed by atoms with Crippen molar-refractivity contribution < 1.29 is 9.59 Å². The zero-order chi connectivity index (χ0) is 15.5. The van der Waals surface area contributed by atoms with Crippen LogP contribution in [0.1, 0.15) is 18.9 Å². The van der Waals surface area contributed by atoms with Crippen molar-refractivity contribution in [3.63, 3.8) is 0 Å². The van der Waals surface area contributed by atoms with Crippen LogP contribution in [0.4, 0.5) is 4.79 Å². The topological polar surface area (TPSA) is 85.2 Å². The molecular weight excluding hydrogens is 268 g/mol. The Morgan fingerprint density at radius 2 is 2.00 bits per heavy atom. The maximum Gasteiger partial charge on any atom is 0.321 e. The minimum Gasteiger partial charge on any atom is -0.334 e. The zero-order valence-corrected chi connectivity index (χ0v) is 12.1. The van der Waals surface area contributed by atoms with E-state index in [1.807, 2.05) is 43.3 Å². The van der Waals surface area contributed by atoms with Crippen LogP contribution >= 0.6 is 0 Å². The van der Waals surface area contributed by atoms with Gasteiger partial charge in [-0.1, -0.05) is 37.3 Å². The summed E-state index contributed by atoms with van der Waals surface area (Å²) in [6.45, 7) is 3.19. The van der Waals surface area contributed by atoms with Crippen LogP contribution in [0.15, 0.2) is 30.3 Å². The van der Waals surface area contributed by atoms with Gasteiger partial charge in [-0.2, -0.15) is 5.26 Å². The van der Waals surface area contributed by atoms with Crippen LogP contribution in [0, 0.1) is 11.3 Å². The fourth-order valence-corrected chi connectivity index (χ4v) is 1.82. The fourth-order valence-electron chi connectivity index (χ4n) is 1.82. The molecule has 0 saturated heterocycles. The molecule has 112 valence electrons. The summed E-state index contributed by atoms with van der Waals surface area (Å²) in [5.41, 5.74) is 0.956. The van der Waals surface area contributed by atoms with Crippen molar-refractivity contribution in [2.75, 3.05) is 19.6 Å². The first kappa shape index (κ1) is 16.7. The summed E-state index contributed by atoms with van der Waals surface area (Å²) in [4.78, 5) is 25.0. The summed E-state index contributed by atoms with van der Waals surface area (Å²) in [7, 11) is 0. The van der Waals surface area contributed by atoms with Gasteiger partial charge in [-0.25, -0.2) is 4.79 Å². The molecule has 1 aromatic carbocycles. The molecule has 0 fully saturated rings. The van der Waals surface area contributed by atoms with Gasteiger partial charge >= 0.3 is 6.03 Å². The average molecular weight is 288 g/mol. The number of benzene rings is 1. The van der Waals surface area contributed by atoms with Gasteiger partial charge in [0.05, 0.1) is 19.2 Å². The molecule has 0 heterocycles. The number of urea groups is 1. The third-order valence-electron chi connectivity index (χ3n) is 2.75. The number of rotatable bonds is 7. The monoisotopic (exact) mass is 288 g/mol. The molecule has 6 heteroatoms. The molecule has 0 atom stereocenters. The Morgan fingerprint density at radius 3 is 2.62 bits per heavy atom. The highest BCUT2D eigenvalue weighted by atomic mass is 16.2. The van der Waals surface area contributed by atoms with E-state index >= 15 is 0 Å². The quantitative estimate of drug-likeness (QED) is 0.739. The lowest BCUT2D eigenvalue weighted by Crippen LogP contribution is -2.44. The molecule has 0 aliphatic carbocycles. The molecule has 0 bridgehead atoms. The third-order valence-corrected chi connectivity index (χ3v) is 2.75. The van der Waals surface area contributed by atoms with Crippen molar-refractivity contribution in [1.82, 2.24) is 15.5 Å². The van der Waals surface area contributed by atoms with Crippen LogP contribution in [0.25, 0.3) is 0 Å². The maximum atomic E-state index is 11.7. The molecule has 0 radical (unpaired) electrons. The SMILES string of the molecule is CCCN(CC#N)CC(=O)NC(=O)NCc1ccccc1. The first-order valence-corrected chi connectivity index (χ1v) is 6.86. The number of nitriles is 1. The first-order valence-electron chi connectivity index (χ1n) is 6.86. The van der Waals surface area contributed by atoms with Crippen LogP contribution in [-0.2, 0) is 11.3 Å². The van der Waals surface area contributed by atoms with E-state index in [1.54, 1.807) is 4.90 Å². The minimum atomic E-state index is -0.530. The highest BCUT2D eigenvalue weighted by molar-refractivity contribution is 5.95. The lowest BCUT2D eigenvalue weighted by Gasteiger charge is -2.17. The number of nitrogens with one attached hydrogen (secondary N) is 2. The van der Waals surface area contributed by atoms with Crippen LogP contribution < -0.4 is 10.6 Å². The van der Waals surface area contributed by atoms with E-state index in [-0.39, 0.29) is 13.1 Å². The molecule has 0 spiro atoms. The third kappa shape index (κ3) is 7.09. The number of nitrogens with zero attached hydrogens (tertiary/aromatic N) is 2. The van der Waals surface area contributed by atoms with Gasteiger partial charge in [-0.05, 0) is 18.5 Å². The predicted molar refractivity (Wildman–Crippen MR) is 79.2 cm³/mol. The van der Waals surface area contributed by atoms with E-state index in [4.69, 9.17) is 5.26 Å². The number of hydrogen-bond acceptors (Lipinski definition) is 4. The normalized spacial score (nSPS) is 9.95. The summed E-state index contributed by atoms with van der Waals surface area (Å²) < 4.78 is 0. The summed E-state index contributed by atoms with van der Waals surface area (Å²) in [5, 5.41) is 13.5. The van der Waals surface area contributed by atoms with E-state index in [2.05, 4.69) is 10.6 Å². The van der Waals surface area contributed by atoms with E-state index in [0.29, 0.717) is 13.1 Å². The zero-order valence-electron chi connectivity index (χ0n) is 12.1. The summed E-state index contributed by atoms with van der Waals surface area (Å²) in [5.74, 6) is -0.413. The van der Waals surface area contributed by atoms with Gasteiger partial charge in [0.15, 0.2) is 0 Å². The van der Waals surface area contributed by atoms with E-state index in [0.717, 1.165) is 12.0 Å². The molecule has 0 aromatic heterocycles. The standard InChI is InChI=1S/C15H20N4O2/c1-2-9-19(10-8-16)12-14(20)18-15(21)17-11-13-6-4-3-5-7-13/h3-7H,2,9-12H2,1H3,(H2,17,18,20,21). The number of imide groups is 1. The van der Waals surface area contributed by atoms with Crippen molar-refractivity contribution in [3.8, 4) is 6.07 Å². The van der Waals surface area contributed by atoms with Crippen molar-refractivity contribution in [3.05, 3.63) is 35.9 Å². The Morgan fingerprint density at radius 1 is 1.29 bits per heavy atom. The van der Waals surface area contributed by atoms with Crippen molar-refractivity contribution in [2.45, 2.75) is 19.9 Å². The Hall–Kier alpha value is -2.39. The van der Waals surface area contributed by atoms with Gasteiger partial charge in [0, 0.05) is 6.54 Å². The van der Waals surface area contributed by atoms with Crippen LogP contribution in [-0.4, -0.2) is 36.5 Å². The number of carbonyl (C=O) groups is 2. The summed E-state index contributed by atoms with van der Waals surface area (Å²) >= 11 is 0. The van der Waals surface area contributed by atoms with E-state index in [9.17, 15) is 9.59 Å². The second-order valence-electron chi connectivity index (χ2n) is 4.59. The van der Waals surface area contributed by atoms with Crippen LogP contribution in [0.5, 0.6) is 0 Å². The molecule has 1 rings (SSSR count). The Balaban J connectivity index is 2.33. The van der Waals surface area contributed by atoms with Crippen molar-refractivity contribution >= 4 is 11.9 Å². The molecule has 1 aromatic rings. The predicted octanol–water partition coefficient (Wildman–Crippen LogP) is 1.25. The van der Waals surface area contributed by atoms with Gasteiger partial charge in [-0.3, -0.25) is 15.0 Å². The molecule has 3 amide bonds. The summed E-state index contributed by atoms with van der Waals surface area (Å²) in [6.07, 6.45) is 0.842.